The molecule has 0 amide bonds. The summed E-state index contributed by atoms with van der Waals surface area (Å²) in [5, 5.41) is 0.711. The van der Waals surface area contributed by atoms with Gasteiger partial charge in [0, 0.05) is 42.6 Å². The molecule has 1 unspecified atom stereocenters. The molecule has 2 aliphatic rings. The number of sulfonamides is 1. The summed E-state index contributed by atoms with van der Waals surface area (Å²) in [7, 11) is -3.24. The maximum Gasteiger partial charge on any atom is 0.239 e. The van der Waals surface area contributed by atoms with Gasteiger partial charge in [-0.25, -0.2) is 25.0 Å². The van der Waals surface area contributed by atoms with E-state index in [1.54, 1.807) is 4.31 Å². The minimum Gasteiger partial charge on any atom is -0.346 e. The zero-order chi connectivity index (χ0) is 19.4. The quantitative estimate of drug-likeness (QED) is 0.670. The number of aromatic nitrogens is 4. The van der Waals surface area contributed by atoms with Gasteiger partial charge >= 0.3 is 0 Å². The highest BCUT2D eigenvalue weighted by atomic mass is 32.2. The van der Waals surface area contributed by atoms with Gasteiger partial charge in [-0.05, 0) is 31.4 Å². The van der Waals surface area contributed by atoms with E-state index in [-0.39, 0.29) is 11.8 Å². The molecule has 3 aromatic heterocycles. The van der Waals surface area contributed by atoms with Crippen LogP contribution in [0.25, 0.3) is 27.1 Å². The molecule has 9 heteroatoms. The number of nitrogens with zero attached hydrogens (tertiary/aromatic N) is 5. The van der Waals surface area contributed by atoms with E-state index in [4.69, 9.17) is 6.57 Å². The van der Waals surface area contributed by atoms with Crippen LogP contribution in [-0.4, -0.2) is 57.1 Å². The molecule has 1 saturated carbocycles. The Labute approximate surface area is 163 Å². The first-order valence-electron chi connectivity index (χ1n) is 9.33. The highest BCUT2D eigenvalue weighted by Gasteiger charge is 2.50. The average molecular weight is 396 g/mol. The van der Waals surface area contributed by atoms with Gasteiger partial charge in [-0.2, -0.15) is 4.31 Å². The molecule has 1 atom stereocenters. The second kappa shape index (κ2) is 6.15. The largest absolute Gasteiger partial charge is 0.346 e. The van der Waals surface area contributed by atoms with Crippen LogP contribution in [-0.2, 0) is 15.6 Å². The maximum absolute atomic E-state index is 12.7. The number of hydrogen-bond donors (Lipinski definition) is 1. The molecular weight excluding hydrogens is 376 g/mol. The second-order valence-electron chi connectivity index (χ2n) is 7.64. The minimum absolute atomic E-state index is 0.223. The lowest BCUT2D eigenvalue weighted by Gasteiger charge is -2.26. The van der Waals surface area contributed by atoms with E-state index in [0.29, 0.717) is 19.5 Å². The number of fused-ring (bicyclic) bond motifs is 1. The van der Waals surface area contributed by atoms with Crippen LogP contribution in [0.15, 0.2) is 37.1 Å². The molecule has 1 N–H and O–H groups in total. The molecule has 0 aromatic carbocycles. The second-order valence-corrected chi connectivity index (χ2v) is 9.85. The molecule has 5 rings (SSSR count). The molecule has 0 spiro atoms. The summed E-state index contributed by atoms with van der Waals surface area (Å²) in [5.41, 5.74) is 1.99. The maximum atomic E-state index is 12.7. The van der Waals surface area contributed by atoms with Gasteiger partial charge in [0.1, 0.15) is 17.5 Å². The van der Waals surface area contributed by atoms with Crippen molar-refractivity contribution < 1.29 is 8.42 Å². The topological polar surface area (TPSA) is 88.2 Å². The fourth-order valence-corrected chi connectivity index (χ4v) is 6.04. The lowest BCUT2D eigenvalue weighted by atomic mass is 9.98. The summed E-state index contributed by atoms with van der Waals surface area (Å²) in [4.78, 5) is 15.4. The summed E-state index contributed by atoms with van der Waals surface area (Å²) in [6, 6.07) is 3.91. The van der Waals surface area contributed by atoms with Gasteiger partial charge in [0.05, 0.1) is 10.9 Å². The molecule has 144 valence electrons. The van der Waals surface area contributed by atoms with Crippen LogP contribution in [0.1, 0.15) is 19.3 Å². The van der Waals surface area contributed by atoms with Crippen molar-refractivity contribution in [2.24, 2.45) is 0 Å². The zero-order valence-electron chi connectivity index (χ0n) is 15.2. The number of nitrogens with one attached hydrogen (secondary N) is 1. The highest BCUT2D eigenvalue weighted by molar-refractivity contribution is 7.90. The molecular formula is C19H20N6O2S. The third kappa shape index (κ3) is 2.64. The SMILES string of the molecule is [C-]#[N+]CC1(n2ccc(-c3ncnc4[nH]ccc34)c2)CCN(S(=O)(=O)C2CC2)C1. The van der Waals surface area contributed by atoms with Crippen molar-refractivity contribution in [1.29, 1.82) is 0 Å². The molecule has 8 nitrogen and oxygen atoms in total. The lowest BCUT2D eigenvalue weighted by molar-refractivity contribution is 0.325. The number of H-pyrrole nitrogens is 1. The van der Waals surface area contributed by atoms with Crippen LogP contribution < -0.4 is 0 Å². The Balaban J connectivity index is 1.51. The normalized spacial score (nSPS) is 23.2. The molecule has 1 saturated heterocycles. The monoisotopic (exact) mass is 396 g/mol. The van der Waals surface area contributed by atoms with Gasteiger partial charge in [0.25, 0.3) is 0 Å². The third-order valence-corrected chi connectivity index (χ3v) is 8.19. The Morgan fingerprint density at radius 1 is 1.32 bits per heavy atom. The Hall–Kier alpha value is -2.70. The van der Waals surface area contributed by atoms with Gasteiger partial charge in [-0.15, -0.1) is 0 Å². The van der Waals surface area contributed by atoms with Crippen molar-refractivity contribution >= 4 is 21.1 Å². The predicted molar refractivity (Wildman–Crippen MR) is 105 cm³/mol. The molecule has 0 bridgehead atoms. The molecule has 4 heterocycles. The van der Waals surface area contributed by atoms with E-state index >= 15 is 0 Å². The molecule has 0 radical (unpaired) electrons. The molecule has 3 aromatic rings. The Morgan fingerprint density at radius 2 is 2.18 bits per heavy atom. The smallest absolute Gasteiger partial charge is 0.239 e. The van der Waals surface area contributed by atoms with Gasteiger partial charge in [-0.3, -0.25) is 0 Å². The third-order valence-electron chi connectivity index (χ3n) is 5.84. The van der Waals surface area contributed by atoms with Crippen LogP contribution in [0.4, 0.5) is 0 Å². The first-order chi connectivity index (χ1) is 13.5. The van der Waals surface area contributed by atoms with Crippen molar-refractivity contribution in [3.8, 4) is 11.3 Å². The van der Waals surface area contributed by atoms with E-state index in [9.17, 15) is 8.42 Å². The van der Waals surface area contributed by atoms with E-state index in [1.807, 2.05) is 35.3 Å². The summed E-state index contributed by atoms with van der Waals surface area (Å²) in [6.07, 6.45) is 9.42. The summed E-state index contributed by atoms with van der Waals surface area (Å²) < 4.78 is 29.0. The van der Waals surface area contributed by atoms with Crippen LogP contribution in [0, 0.1) is 6.57 Å². The summed E-state index contributed by atoms with van der Waals surface area (Å²) in [5.74, 6) is 0. The highest BCUT2D eigenvalue weighted by Crippen LogP contribution is 2.38. The summed E-state index contributed by atoms with van der Waals surface area (Å²) in [6.45, 7) is 8.51. The van der Waals surface area contributed by atoms with Crippen molar-refractivity contribution in [1.82, 2.24) is 23.8 Å². The van der Waals surface area contributed by atoms with Gasteiger partial charge in [0.2, 0.25) is 16.6 Å². The van der Waals surface area contributed by atoms with Crippen molar-refractivity contribution in [2.45, 2.75) is 30.1 Å². The molecule has 2 fully saturated rings. The van der Waals surface area contributed by atoms with E-state index in [2.05, 4.69) is 19.8 Å². The Bertz CT molecular complexity index is 1190. The first kappa shape index (κ1) is 17.4. The Kier molecular flexibility index (Phi) is 3.82. The van der Waals surface area contributed by atoms with E-state index in [0.717, 1.165) is 35.1 Å². The predicted octanol–water partition coefficient (Wildman–Crippen LogP) is 2.24. The molecule has 28 heavy (non-hydrogen) atoms. The fourth-order valence-electron chi connectivity index (χ4n) is 4.12. The van der Waals surface area contributed by atoms with Crippen LogP contribution in [0.5, 0.6) is 0 Å². The fraction of sp³-hybridized carbons (Fsp3) is 0.421. The Morgan fingerprint density at radius 3 is 2.96 bits per heavy atom. The molecule has 1 aliphatic carbocycles. The van der Waals surface area contributed by atoms with Crippen LogP contribution in [0.2, 0.25) is 0 Å². The van der Waals surface area contributed by atoms with E-state index < -0.39 is 15.6 Å². The van der Waals surface area contributed by atoms with E-state index in [1.165, 1.54) is 6.33 Å². The van der Waals surface area contributed by atoms with Crippen LogP contribution >= 0.6 is 0 Å². The lowest BCUT2D eigenvalue weighted by Crippen LogP contribution is -2.41. The molecule has 1 aliphatic heterocycles. The summed E-state index contributed by atoms with van der Waals surface area (Å²) >= 11 is 0. The van der Waals surface area contributed by atoms with Gasteiger partial charge < -0.3 is 14.4 Å². The number of hydrogen-bond acceptors (Lipinski definition) is 4. The number of rotatable bonds is 5. The van der Waals surface area contributed by atoms with Crippen LogP contribution in [0.3, 0.4) is 0 Å². The zero-order valence-corrected chi connectivity index (χ0v) is 16.1. The first-order valence-corrected chi connectivity index (χ1v) is 10.8. The van der Waals surface area contributed by atoms with Crippen molar-refractivity contribution in [2.75, 3.05) is 19.6 Å². The van der Waals surface area contributed by atoms with Crippen molar-refractivity contribution in [3.63, 3.8) is 0 Å². The van der Waals surface area contributed by atoms with Crippen molar-refractivity contribution in [3.05, 3.63) is 48.5 Å². The standard InChI is InChI=1S/C19H20N6O2S/c1-20-11-19(6-9-25(12-19)28(26,27)15-2-3-15)24-8-5-14(10-24)17-16-4-7-21-18(16)23-13-22-17/h4-5,7-8,10,13,15H,2-3,6,9,11-12H2,(H,21,22,23). The average Bonchev–Trinajstić information content (AvgIpc) is 3.11. The number of aromatic amines is 1. The van der Waals surface area contributed by atoms with Gasteiger partial charge in [-0.1, -0.05) is 0 Å². The van der Waals surface area contributed by atoms with Gasteiger partial charge in [0.15, 0.2) is 0 Å². The minimum atomic E-state index is -3.24.